The minimum Gasteiger partial charge on any atom is -0.317 e. The summed E-state index contributed by atoms with van der Waals surface area (Å²) in [6, 6.07) is 4.12. The number of nitrogens with one attached hydrogen (secondary N) is 1. The van der Waals surface area contributed by atoms with Crippen LogP contribution in [0.4, 0.5) is 0 Å². The van der Waals surface area contributed by atoms with Crippen LogP contribution >= 0.6 is 22.7 Å². The molecule has 2 heterocycles. The van der Waals surface area contributed by atoms with Crippen LogP contribution in [0.2, 0.25) is 0 Å². The first kappa shape index (κ1) is 10.7. The summed E-state index contributed by atoms with van der Waals surface area (Å²) < 4.78 is 0. The highest BCUT2D eigenvalue weighted by molar-refractivity contribution is 7.20. The summed E-state index contributed by atoms with van der Waals surface area (Å²) in [5.74, 6) is 0. The van der Waals surface area contributed by atoms with E-state index in [-0.39, 0.29) is 0 Å². The Labute approximate surface area is 97.2 Å². The van der Waals surface area contributed by atoms with Crippen LogP contribution in [0.5, 0.6) is 0 Å². The summed E-state index contributed by atoms with van der Waals surface area (Å²) in [7, 11) is 0. The summed E-state index contributed by atoms with van der Waals surface area (Å²) in [5.41, 5.74) is 0. The van der Waals surface area contributed by atoms with E-state index in [2.05, 4.69) is 33.9 Å². The lowest BCUT2D eigenvalue weighted by atomic mass is 10.4. The summed E-state index contributed by atoms with van der Waals surface area (Å²) in [6.45, 7) is 4.10. The molecule has 0 amide bonds. The molecule has 80 valence electrons. The number of hydrogen-bond donors (Lipinski definition) is 1. The highest BCUT2D eigenvalue weighted by atomic mass is 32.1. The fourth-order valence-electron chi connectivity index (χ4n) is 1.23. The standard InChI is InChI=1S/C10H13N3S2/c1-2-11-6-5-9-12-13-10(15-9)8-4-3-7-14-8/h3-4,7,11H,2,5-6H2,1H3. The van der Waals surface area contributed by atoms with E-state index in [9.17, 15) is 0 Å². The molecule has 0 bridgehead atoms. The van der Waals surface area contributed by atoms with Gasteiger partial charge in [-0.05, 0) is 18.0 Å². The van der Waals surface area contributed by atoms with Gasteiger partial charge in [-0.2, -0.15) is 0 Å². The summed E-state index contributed by atoms with van der Waals surface area (Å²) in [4.78, 5) is 1.21. The molecular formula is C10H13N3S2. The monoisotopic (exact) mass is 239 g/mol. The third-order valence-corrected chi connectivity index (χ3v) is 3.99. The van der Waals surface area contributed by atoms with E-state index in [1.165, 1.54) is 4.88 Å². The third kappa shape index (κ3) is 2.84. The van der Waals surface area contributed by atoms with Crippen LogP contribution in [0, 0.1) is 0 Å². The molecule has 1 N–H and O–H groups in total. The number of hydrogen-bond acceptors (Lipinski definition) is 5. The largest absolute Gasteiger partial charge is 0.317 e. The summed E-state index contributed by atoms with van der Waals surface area (Å²) in [6.07, 6.45) is 0.969. The first-order valence-electron chi connectivity index (χ1n) is 4.97. The van der Waals surface area contributed by atoms with E-state index in [1.54, 1.807) is 22.7 Å². The van der Waals surface area contributed by atoms with Gasteiger partial charge < -0.3 is 5.32 Å². The fraction of sp³-hybridized carbons (Fsp3) is 0.400. The van der Waals surface area contributed by atoms with Crippen molar-refractivity contribution in [3.8, 4) is 9.88 Å². The zero-order chi connectivity index (χ0) is 10.5. The van der Waals surface area contributed by atoms with Gasteiger partial charge in [0.15, 0.2) is 5.01 Å². The predicted molar refractivity (Wildman–Crippen MR) is 65.5 cm³/mol. The molecule has 0 atom stereocenters. The minimum atomic E-state index is 0.969. The lowest BCUT2D eigenvalue weighted by Crippen LogP contribution is -2.15. The van der Waals surface area contributed by atoms with Crippen molar-refractivity contribution in [1.82, 2.24) is 15.5 Å². The summed E-state index contributed by atoms with van der Waals surface area (Å²) >= 11 is 3.40. The van der Waals surface area contributed by atoms with Gasteiger partial charge in [0.2, 0.25) is 0 Å². The van der Waals surface area contributed by atoms with Gasteiger partial charge in [-0.15, -0.1) is 21.5 Å². The Morgan fingerprint density at radius 1 is 1.40 bits per heavy atom. The number of aromatic nitrogens is 2. The topological polar surface area (TPSA) is 37.8 Å². The average Bonchev–Trinajstić information content (AvgIpc) is 2.87. The molecule has 5 heteroatoms. The van der Waals surface area contributed by atoms with Crippen LogP contribution in [0.1, 0.15) is 11.9 Å². The highest BCUT2D eigenvalue weighted by Crippen LogP contribution is 2.27. The van der Waals surface area contributed by atoms with Crippen molar-refractivity contribution < 1.29 is 0 Å². The number of likely N-dealkylation sites (N-methyl/N-ethyl adjacent to an activating group) is 1. The van der Waals surface area contributed by atoms with Gasteiger partial charge in [-0.25, -0.2) is 0 Å². The molecule has 3 nitrogen and oxygen atoms in total. The smallest absolute Gasteiger partial charge is 0.157 e. The van der Waals surface area contributed by atoms with Gasteiger partial charge in [0.05, 0.1) is 4.88 Å². The number of rotatable bonds is 5. The average molecular weight is 239 g/mol. The lowest BCUT2D eigenvalue weighted by molar-refractivity contribution is 0.710. The molecule has 0 radical (unpaired) electrons. The van der Waals surface area contributed by atoms with Crippen molar-refractivity contribution in [3.63, 3.8) is 0 Å². The summed E-state index contributed by atoms with van der Waals surface area (Å²) in [5, 5.41) is 15.9. The van der Waals surface area contributed by atoms with Crippen LogP contribution in [0.25, 0.3) is 9.88 Å². The van der Waals surface area contributed by atoms with Crippen molar-refractivity contribution in [1.29, 1.82) is 0 Å². The second-order valence-corrected chi connectivity index (χ2v) is 5.09. The van der Waals surface area contributed by atoms with Crippen LogP contribution in [0.15, 0.2) is 17.5 Å². The molecule has 0 aliphatic heterocycles. The van der Waals surface area contributed by atoms with E-state index in [0.717, 1.165) is 29.5 Å². The van der Waals surface area contributed by atoms with Crippen molar-refractivity contribution in [2.75, 3.05) is 13.1 Å². The molecule has 2 aromatic rings. The fourth-order valence-corrected chi connectivity index (χ4v) is 2.86. The molecular weight excluding hydrogens is 226 g/mol. The van der Waals surface area contributed by atoms with Crippen LogP contribution in [-0.2, 0) is 6.42 Å². The van der Waals surface area contributed by atoms with Gasteiger partial charge in [-0.1, -0.05) is 24.3 Å². The lowest BCUT2D eigenvalue weighted by Gasteiger charge is -1.95. The van der Waals surface area contributed by atoms with Crippen LogP contribution in [-0.4, -0.2) is 23.3 Å². The maximum Gasteiger partial charge on any atom is 0.157 e. The number of thiophene rings is 1. The molecule has 0 spiro atoms. The Morgan fingerprint density at radius 3 is 3.07 bits per heavy atom. The molecule has 0 fully saturated rings. The van der Waals surface area contributed by atoms with Crippen molar-refractivity contribution in [3.05, 3.63) is 22.5 Å². The van der Waals surface area contributed by atoms with E-state index < -0.39 is 0 Å². The van der Waals surface area contributed by atoms with Gasteiger partial charge in [0.1, 0.15) is 5.01 Å². The minimum absolute atomic E-state index is 0.969. The molecule has 0 unspecified atom stereocenters. The van der Waals surface area contributed by atoms with Crippen LogP contribution < -0.4 is 5.32 Å². The Hall–Kier alpha value is -0.780. The van der Waals surface area contributed by atoms with E-state index in [4.69, 9.17) is 0 Å². The molecule has 0 saturated heterocycles. The third-order valence-electron chi connectivity index (χ3n) is 1.96. The first-order valence-corrected chi connectivity index (χ1v) is 6.66. The maximum absolute atomic E-state index is 4.19. The van der Waals surface area contributed by atoms with Crippen LogP contribution in [0.3, 0.4) is 0 Å². The highest BCUT2D eigenvalue weighted by Gasteiger charge is 2.06. The molecule has 15 heavy (non-hydrogen) atoms. The second kappa shape index (κ2) is 5.34. The molecule has 2 rings (SSSR count). The van der Waals surface area contributed by atoms with E-state index in [0.29, 0.717) is 0 Å². The Kier molecular flexibility index (Phi) is 3.82. The number of nitrogens with zero attached hydrogens (tertiary/aromatic N) is 2. The second-order valence-electron chi connectivity index (χ2n) is 3.08. The van der Waals surface area contributed by atoms with E-state index >= 15 is 0 Å². The van der Waals surface area contributed by atoms with Gasteiger partial charge in [0, 0.05) is 13.0 Å². The Morgan fingerprint density at radius 2 is 2.33 bits per heavy atom. The van der Waals surface area contributed by atoms with E-state index in [1.807, 2.05) is 6.07 Å². The zero-order valence-corrected chi connectivity index (χ0v) is 10.2. The molecule has 0 saturated carbocycles. The molecule has 0 aliphatic rings. The maximum atomic E-state index is 4.19. The van der Waals surface area contributed by atoms with Gasteiger partial charge >= 0.3 is 0 Å². The Bertz CT molecular complexity index is 394. The van der Waals surface area contributed by atoms with Gasteiger partial charge in [-0.3, -0.25) is 0 Å². The van der Waals surface area contributed by atoms with Crippen molar-refractivity contribution >= 4 is 22.7 Å². The quantitative estimate of drug-likeness (QED) is 0.814. The molecule has 2 aromatic heterocycles. The zero-order valence-electron chi connectivity index (χ0n) is 8.56. The van der Waals surface area contributed by atoms with Crippen molar-refractivity contribution in [2.45, 2.75) is 13.3 Å². The molecule has 0 aliphatic carbocycles. The van der Waals surface area contributed by atoms with Crippen molar-refractivity contribution in [2.24, 2.45) is 0 Å². The predicted octanol–water partition coefficient (Wildman–Crippen LogP) is 2.42. The Balaban J connectivity index is 1.98. The normalized spacial score (nSPS) is 10.7. The molecule has 0 aromatic carbocycles. The first-order chi connectivity index (χ1) is 7.40. The van der Waals surface area contributed by atoms with Gasteiger partial charge in [0.25, 0.3) is 0 Å². The SMILES string of the molecule is CCNCCc1nnc(-c2cccs2)s1.